The molecule has 84 valence electrons. The number of nitrogens with zero attached hydrogens (tertiary/aromatic N) is 1. The molecule has 0 aromatic carbocycles. The van der Waals surface area contributed by atoms with Crippen LogP contribution in [0.2, 0.25) is 0 Å². The fraction of sp³-hybridized carbons (Fsp3) is 0.600. The van der Waals surface area contributed by atoms with E-state index in [4.69, 9.17) is 5.73 Å². The molecule has 0 atom stereocenters. The summed E-state index contributed by atoms with van der Waals surface area (Å²) in [7, 11) is 0. The maximum Gasteiger partial charge on any atom is 0.220 e. The van der Waals surface area contributed by atoms with E-state index in [1.54, 1.807) is 11.7 Å². The zero-order chi connectivity index (χ0) is 11.3. The number of nitrogens with one attached hydrogen (secondary N) is 1. The summed E-state index contributed by atoms with van der Waals surface area (Å²) in [5.41, 5.74) is 7.27. The highest BCUT2D eigenvalue weighted by Gasteiger charge is 2.12. The lowest BCUT2D eigenvalue weighted by Gasteiger charge is -2.17. The number of thiazole rings is 1. The van der Waals surface area contributed by atoms with Gasteiger partial charge < -0.3 is 11.1 Å². The van der Waals surface area contributed by atoms with Crippen molar-refractivity contribution in [2.45, 2.75) is 38.8 Å². The topological polar surface area (TPSA) is 68.0 Å². The predicted molar refractivity (Wildman–Crippen MR) is 61.5 cm³/mol. The van der Waals surface area contributed by atoms with E-state index in [0.29, 0.717) is 19.4 Å². The van der Waals surface area contributed by atoms with Gasteiger partial charge in [0.15, 0.2) is 0 Å². The molecule has 1 rings (SSSR count). The zero-order valence-electron chi connectivity index (χ0n) is 9.12. The second-order valence-electron chi connectivity index (χ2n) is 4.23. The van der Waals surface area contributed by atoms with Crippen LogP contribution in [0.5, 0.6) is 0 Å². The van der Waals surface area contributed by atoms with E-state index >= 15 is 0 Å². The lowest BCUT2D eigenvalue weighted by molar-refractivity contribution is -0.121. The number of hydrogen-bond donors (Lipinski definition) is 2. The maximum atomic E-state index is 11.4. The van der Waals surface area contributed by atoms with Gasteiger partial charge in [-0.1, -0.05) is 0 Å². The van der Waals surface area contributed by atoms with E-state index < -0.39 is 0 Å². The molecule has 1 heterocycles. The summed E-state index contributed by atoms with van der Waals surface area (Å²) in [4.78, 5) is 16.4. The van der Waals surface area contributed by atoms with Crippen LogP contribution in [-0.2, 0) is 11.3 Å². The largest absolute Gasteiger partial charge is 0.351 e. The van der Waals surface area contributed by atoms with Gasteiger partial charge in [0.25, 0.3) is 0 Å². The van der Waals surface area contributed by atoms with E-state index in [2.05, 4.69) is 10.3 Å². The van der Waals surface area contributed by atoms with Crippen molar-refractivity contribution >= 4 is 17.2 Å². The molecule has 1 aromatic rings. The van der Waals surface area contributed by atoms with Crippen molar-refractivity contribution in [2.24, 2.45) is 5.73 Å². The first kappa shape index (κ1) is 12.1. The van der Waals surface area contributed by atoms with Gasteiger partial charge in [-0.2, -0.15) is 0 Å². The average Bonchev–Trinajstić information content (AvgIpc) is 2.62. The molecule has 0 bridgehead atoms. The van der Waals surface area contributed by atoms with Gasteiger partial charge in [-0.3, -0.25) is 9.78 Å². The number of hydrogen-bond acceptors (Lipinski definition) is 4. The van der Waals surface area contributed by atoms with Crippen LogP contribution >= 0.6 is 11.3 Å². The van der Waals surface area contributed by atoms with Crippen LogP contribution in [0.25, 0.3) is 0 Å². The number of nitrogens with two attached hydrogens (primary N) is 1. The third-order valence-electron chi connectivity index (χ3n) is 1.94. The van der Waals surface area contributed by atoms with Crippen LogP contribution in [-0.4, -0.2) is 16.4 Å². The summed E-state index contributed by atoms with van der Waals surface area (Å²) in [5.74, 6) is 0.0434. The van der Waals surface area contributed by atoms with Crippen molar-refractivity contribution in [2.75, 3.05) is 0 Å². The molecule has 0 aliphatic heterocycles. The number of carbonyl (C=O) groups excluding carboxylic acids is 1. The molecule has 4 nitrogen and oxygen atoms in total. The number of rotatable bonds is 5. The van der Waals surface area contributed by atoms with Crippen molar-refractivity contribution in [1.29, 1.82) is 0 Å². The molecule has 0 unspecified atom stereocenters. The Kier molecular flexibility index (Phi) is 4.23. The summed E-state index contributed by atoms with van der Waals surface area (Å²) in [6.45, 7) is 4.40. The molecule has 0 saturated carbocycles. The molecular weight excluding hydrogens is 210 g/mol. The molecule has 0 spiro atoms. The minimum Gasteiger partial charge on any atom is -0.351 e. The number of carbonyl (C=O) groups is 1. The summed E-state index contributed by atoms with van der Waals surface area (Å²) < 4.78 is 0. The summed E-state index contributed by atoms with van der Waals surface area (Å²) >= 11 is 1.54. The highest BCUT2D eigenvalue weighted by atomic mass is 32.1. The van der Waals surface area contributed by atoms with Gasteiger partial charge in [-0.25, -0.2) is 0 Å². The molecule has 0 aliphatic carbocycles. The normalized spacial score (nSPS) is 11.4. The average molecular weight is 227 g/mol. The lowest BCUT2D eigenvalue weighted by Crippen LogP contribution is -2.34. The van der Waals surface area contributed by atoms with Gasteiger partial charge >= 0.3 is 0 Å². The van der Waals surface area contributed by atoms with Crippen LogP contribution in [0.4, 0.5) is 0 Å². The monoisotopic (exact) mass is 227 g/mol. The highest BCUT2D eigenvalue weighted by molar-refractivity contribution is 7.09. The smallest absolute Gasteiger partial charge is 0.220 e. The van der Waals surface area contributed by atoms with Crippen LogP contribution in [0.3, 0.4) is 0 Å². The van der Waals surface area contributed by atoms with Crippen LogP contribution in [0, 0.1) is 0 Å². The van der Waals surface area contributed by atoms with Gasteiger partial charge in [-0.15, -0.1) is 11.3 Å². The predicted octanol–water partition coefficient (Wildman–Crippen LogP) is 1.28. The number of aromatic nitrogens is 1. The summed E-state index contributed by atoms with van der Waals surface area (Å²) in [5, 5.41) is 2.83. The van der Waals surface area contributed by atoms with Gasteiger partial charge in [-0.05, 0) is 20.3 Å². The SMILES string of the molecule is CC(C)(N)CCC(=O)NCc1cncs1. The van der Waals surface area contributed by atoms with Gasteiger partial charge in [0.05, 0.1) is 12.1 Å². The Labute approximate surface area is 93.9 Å². The van der Waals surface area contributed by atoms with E-state index in [-0.39, 0.29) is 11.4 Å². The Balaban J connectivity index is 2.20. The summed E-state index contributed by atoms with van der Waals surface area (Å²) in [6, 6.07) is 0. The van der Waals surface area contributed by atoms with Crippen molar-refractivity contribution < 1.29 is 4.79 Å². The zero-order valence-corrected chi connectivity index (χ0v) is 9.93. The highest BCUT2D eigenvalue weighted by Crippen LogP contribution is 2.08. The van der Waals surface area contributed by atoms with Crippen LogP contribution in [0.15, 0.2) is 11.7 Å². The van der Waals surface area contributed by atoms with E-state index in [0.717, 1.165) is 4.88 Å². The molecule has 0 radical (unpaired) electrons. The molecular formula is C10H17N3OS. The van der Waals surface area contributed by atoms with E-state index in [1.165, 1.54) is 11.3 Å². The van der Waals surface area contributed by atoms with Crippen molar-refractivity contribution in [1.82, 2.24) is 10.3 Å². The molecule has 5 heteroatoms. The van der Waals surface area contributed by atoms with Gasteiger partial charge in [0.1, 0.15) is 0 Å². The molecule has 1 amide bonds. The number of amides is 1. The van der Waals surface area contributed by atoms with Crippen LogP contribution in [0.1, 0.15) is 31.6 Å². The van der Waals surface area contributed by atoms with E-state index in [1.807, 2.05) is 13.8 Å². The minimum atomic E-state index is -0.276. The van der Waals surface area contributed by atoms with E-state index in [9.17, 15) is 4.79 Å². The van der Waals surface area contributed by atoms with Crippen LogP contribution < -0.4 is 11.1 Å². The standard InChI is InChI=1S/C10H17N3OS/c1-10(2,11)4-3-9(14)13-6-8-5-12-7-15-8/h5,7H,3-4,6,11H2,1-2H3,(H,13,14). The Morgan fingerprint density at radius 1 is 1.67 bits per heavy atom. The third-order valence-corrected chi connectivity index (χ3v) is 2.72. The molecule has 1 aromatic heterocycles. The lowest BCUT2D eigenvalue weighted by atomic mass is 10.00. The quantitative estimate of drug-likeness (QED) is 0.796. The molecule has 0 saturated heterocycles. The molecule has 0 fully saturated rings. The second-order valence-corrected chi connectivity index (χ2v) is 5.20. The maximum absolute atomic E-state index is 11.4. The first-order chi connectivity index (χ1) is 6.97. The fourth-order valence-corrected chi connectivity index (χ4v) is 1.57. The Morgan fingerprint density at radius 2 is 2.40 bits per heavy atom. The Hall–Kier alpha value is -0.940. The summed E-state index contributed by atoms with van der Waals surface area (Å²) in [6.07, 6.45) is 2.93. The van der Waals surface area contributed by atoms with Crippen molar-refractivity contribution in [3.63, 3.8) is 0 Å². The molecule has 0 aliphatic rings. The molecule has 3 N–H and O–H groups in total. The van der Waals surface area contributed by atoms with Crippen molar-refractivity contribution in [3.05, 3.63) is 16.6 Å². The Morgan fingerprint density at radius 3 is 2.93 bits per heavy atom. The Bertz CT molecular complexity index is 303. The van der Waals surface area contributed by atoms with Crippen molar-refractivity contribution in [3.8, 4) is 0 Å². The second kappa shape index (κ2) is 5.23. The van der Waals surface area contributed by atoms with Gasteiger partial charge in [0.2, 0.25) is 5.91 Å². The fourth-order valence-electron chi connectivity index (χ4n) is 1.04. The first-order valence-electron chi connectivity index (χ1n) is 4.90. The van der Waals surface area contributed by atoms with Gasteiger partial charge in [0, 0.05) is 23.0 Å². The molecule has 15 heavy (non-hydrogen) atoms. The third kappa shape index (κ3) is 5.49. The first-order valence-corrected chi connectivity index (χ1v) is 5.78. The minimum absolute atomic E-state index is 0.0434.